The van der Waals surface area contributed by atoms with E-state index in [9.17, 15) is 14.4 Å². The molecule has 0 aliphatic rings. The molecule has 0 spiro atoms. The third-order valence-corrected chi connectivity index (χ3v) is 4.10. The molecule has 0 saturated carbocycles. The summed E-state index contributed by atoms with van der Waals surface area (Å²) in [4.78, 5) is 35.7. The summed E-state index contributed by atoms with van der Waals surface area (Å²) in [6.45, 7) is 6.00. The zero-order valence-corrected chi connectivity index (χ0v) is 17.6. The van der Waals surface area contributed by atoms with Crippen molar-refractivity contribution in [3.05, 3.63) is 53.6 Å². The van der Waals surface area contributed by atoms with E-state index in [2.05, 4.69) is 10.6 Å². The van der Waals surface area contributed by atoms with Crippen LogP contribution in [0.2, 0.25) is 0 Å². The van der Waals surface area contributed by atoms with Gasteiger partial charge in [-0.15, -0.1) is 0 Å². The van der Waals surface area contributed by atoms with Crippen LogP contribution in [0, 0.1) is 13.8 Å². The minimum Gasteiger partial charge on any atom is -0.494 e. The number of nitrogens with one attached hydrogen (secondary N) is 2. The summed E-state index contributed by atoms with van der Waals surface area (Å²) in [7, 11) is 0. The van der Waals surface area contributed by atoms with Crippen LogP contribution >= 0.6 is 0 Å². The Kier molecular flexibility index (Phi) is 8.87. The number of ether oxygens (including phenoxy) is 2. The van der Waals surface area contributed by atoms with Gasteiger partial charge in [0.05, 0.1) is 6.61 Å². The van der Waals surface area contributed by atoms with Gasteiger partial charge in [-0.3, -0.25) is 14.4 Å². The van der Waals surface area contributed by atoms with Gasteiger partial charge in [-0.25, -0.2) is 0 Å². The summed E-state index contributed by atoms with van der Waals surface area (Å²) in [5.74, 6) is -0.375. The maximum absolute atomic E-state index is 12.0. The van der Waals surface area contributed by atoms with E-state index in [1.165, 1.54) is 0 Å². The number of hydrogen-bond acceptors (Lipinski definition) is 5. The molecular weight excluding hydrogens is 384 g/mol. The van der Waals surface area contributed by atoms with Crippen LogP contribution in [0.3, 0.4) is 0 Å². The summed E-state index contributed by atoms with van der Waals surface area (Å²) in [5.41, 5.74) is 3.39. The van der Waals surface area contributed by atoms with Gasteiger partial charge >= 0.3 is 5.97 Å². The number of hydrogen-bond donors (Lipinski definition) is 2. The van der Waals surface area contributed by atoms with Crippen LogP contribution in [0.25, 0.3) is 0 Å². The first kappa shape index (κ1) is 22.9. The van der Waals surface area contributed by atoms with E-state index >= 15 is 0 Å². The fraction of sp³-hybridized carbons (Fsp3) is 0.348. The second-order valence-corrected chi connectivity index (χ2v) is 6.94. The largest absolute Gasteiger partial charge is 0.494 e. The molecule has 0 aromatic heterocycles. The maximum Gasteiger partial charge on any atom is 0.306 e. The SMILES string of the molecule is CCOc1ccc(NC(=O)CCCC(=O)OCC(=O)Nc2cc(C)cc(C)c2)cc1. The van der Waals surface area contributed by atoms with Crippen molar-refractivity contribution in [3.8, 4) is 5.75 Å². The van der Waals surface area contributed by atoms with Crippen LogP contribution in [0.15, 0.2) is 42.5 Å². The molecule has 2 aromatic carbocycles. The van der Waals surface area contributed by atoms with Gasteiger partial charge in [-0.1, -0.05) is 6.07 Å². The van der Waals surface area contributed by atoms with Crippen molar-refractivity contribution in [2.24, 2.45) is 0 Å². The number of aryl methyl sites for hydroxylation is 2. The lowest BCUT2D eigenvalue weighted by Crippen LogP contribution is -2.21. The minimum absolute atomic E-state index is 0.0630. The highest BCUT2D eigenvalue weighted by atomic mass is 16.5. The Labute approximate surface area is 176 Å². The van der Waals surface area contributed by atoms with Gasteiger partial charge in [0.15, 0.2) is 6.61 Å². The normalized spacial score (nSPS) is 10.2. The third-order valence-electron chi connectivity index (χ3n) is 4.10. The first-order valence-corrected chi connectivity index (χ1v) is 9.92. The quantitative estimate of drug-likeness (QED) is 0.576. The van der Waals surface area contributed by atoms with Crippen LogP contribution in [-0.4, -0.2) is 31.0 Å². The van der Waals surface area contributed by atoms with E-state index in [1.54, 1.807) is 24.3 Å². The molecule has 0 saturated heterocycles. The highest BCUT2D eigenvalue weighted by molar-refractivity contribution is 5.93. The predicted molar refractivity (Wildman–Crippen MR) is 116 cm³/mol. The number of carbonyl (C=O) groups is 3. The second kappa shape index (κ2) is 11.6. The first-order chi connectivity index (χ1) is 14.4. The molecule has 0 fully saturated rings. The number of rotatable bonds is 10. The Balaban J connectivity index is 1.64. The van der Waals surface area contributed by atoms with Gasteiger partial charge in [0, 0.05) is 24.2 Å². The molecule has 0 bridgehead atoms. The molecular formula is C23H28N2O5. The molecule has 0 radical (unpaired) electrons. The summed E-state index contributed by atoms with van der Waals surface area (Å²) in [6, 6.07) is 12.8. The van der Waals surface area contributed by atoms with E-state index < -0.39 is 11.9 Å². The number of benzene rings is 2. The van der Waals surface area contributed by atoms with E-state index in [1.807, 2.05) is 39.0 Å². The molecule has 7 nitrogen and oxygen atoms in total. The molecule has 160 valence electrons. The van der Waals surface area contributed by atoms with Crippen molar-refractivity contribution in [3.63, 3.8) is 0 Å². The lowest BCUT2D eigenvalue weighted by atomic mass is 10.1. The fourth-order valence-corrected chi connectivity index (χ4v) is 2.88. The topological polar surface area (TPSA) is 93.7 Å². The molecule has 0 unspecified atom stereocenters. The Morgan fingerprint density at radius 3 is 2.10 bits per heavy atom. The molecule has 2 amide bonds. The maximum atomic E-state index is 12.0. The van der Waals surface area contributed by atoms with Crippen molar-refractivity contribution in [1.82, 2.24) is 0 Å². The lowest BCUT2D eigenvalue weighted by molar-refractivity contribution is -0.147. The average Bonchev–Trinajstić information content (AvgIpc) is 2.67. The molecule has 2 aromatic rings. The Bertz CT molecular complexity index is 857. The summed E-state index contributed by atoms with van der Waals surface area (Å²) in [6.07, 6.45) is 0.574. The first-order valence-electron chi connectivity index (χ1n) is 9.92. The van der Waals surface area contributed by atoms with E-state index in [0.717, 1.165) is 16.9 Å². The van der Waals surface area contributed by atoms with Crippen LogP contribution in [0.1, 0.15) is 37.3 Å². The van der Waals surface area contributed by atoms with Crippen LogP contribution in [0.4, 0.5) is 11.4 Å². The van der Waals surface area contributed by atoms with E-state index in [0.29, 0.717) is 24.4 Å². The Morgan fingerprint density at radius 1 is 0.833 bits per heavy atom. The molecule has 30 heavy (non-hydrogen) atoms. The smallest absolute Gasteiger partial charge is 0.306 e. The fourth-order valence-electron chi connectivity index (χ4n) is 2.88. The van der Waals surface area contributed by atoms with Gasteiger partial charge in [0.25, 0.3) is 5.91 Å². The predicted octanol–water partition coefficient (Wildman–Crippen LogP) is 3.99. The average molecular weight is 412 g/mol. The van der Waals surface area contributed by atoms with Crippen molar-refractivity contribution >= 4 is 29.2 Å². The minimum atomic E-state index is -0.514. The van der Waals surface area contributed by atoms with Gasteiger partial charge in [0.1, 0.15) is 5.75 Å². The van der Waals surface area contributed by atoms with E-state index in [4.69, 9.17) is 9.47 Å². The summed E-state index contributed by atoms with van der Waals surface area (Å²) < 4.78 is 10.3. The highest BCUT2D eigenvalue weighted by Gasteiger charge is 2.10. The van der Waals surface area contributed by atoms with Crippen LogP contribution < -0.4 is 15.4 Å². The molecule has 0 aliphatic heterocycles. The van der Waals surface area contributed by atoms with E-state index in [-0.39, 0.29) is 25.4 Å². The zero-order chi connectivity index (χ0) is 21.9. The monoisotopic (exact) mass is 412 g/mol. The second-order valence-electron chi connectivity index (χ2n) is 6.94. The zero-order valence-electron chi connectivity index (χ0n) is 17.6. The highest BCUT2D eigenvalue weighted by Crippen LogP contribution is 2.16. The lowest BCUT2D eigenvalue weighted by Gasteiger charge is -2.09. The molecule has 7 heteroatoms. The van der Waals surface area contributed by atoms with Gasteiger partial charge in [0.2, 0.25) is 5.91 Å². The number of anilines is 2. The summed E-state index contributed by atoms with van der Waals surface area (Å²) >= 11 is 0. The Morgan fingerprint density at radius 2 is 1.47 bits per heavy atom. The van der Waals surface area contributed by atoms with Crippen molar-refractivity contribution in [2.75, 3.05) is 23.8 Å². The Hall–Kier alpha value is -3.35. The molecule has 0 aliphatic carbocycles. The van der Waals surface area contributed by atoms with Gasteiger partial charge < -0.3 is 20.1 Å². The van der Waals surface area contributed by atoms with Crippen molar-refractivity contribution < 1.29 is 23.9 Å². The third kappa shape index (κ3) is 8.34. The molecule has 2 rings (SSSR count). The molecule has 0 heterocycles. The van der Waals surface area contributed by atoms with Crippen LogP contribution in [-0.2, 0) is 19.1 Å². The molecule has 0 atom stereocenters. The number of carbonyl (C=O) groups excluding carboxylic acids is 3. The number of amides is 2. The summed E-state index contributed by atoms with van der Waals surface area (Å²) in [5, 5.41) is 5.46. The number of esters is 1. The van der Waals surface area contributed by atoms with Gasteiger partial charge in [-0.05, 0) is 74.7 Å². The standard InChI is InChI=1S/C23H28N2O5/c1-4-29-20-10-8-18(9-11-20)24-21(26)6-5-7-23(28)30-15-22(27)25-19-13-16(2)12-17(3)14-19/h8-14H,4-7,15H2,1-3H3,(H,24,26)(H,25,27). The van der Waals surface area contributed by atoms with Gasteiger partial charge in [-0.2, -0.15) is 0 Å². The van der Waals surface area contributed by atoms with Crippen LogP contribution in [0.5, 0.6) is 5.75 Å². The molecule has 2 N–H and O–H groups in total. The van der Waals surface area contributed by atoms with Crippen molar-refractivity contribution in [1.29, 1.82) is 0 Å². The van der Waals surface area contributed by atoms with Crippen molar-refractivity contribution in [2.45, 2.75) is 40.0 Å².